The van der Waals surface area contributed by atoms with E-state index in [2.05, 4.69) is 10.4 Å². The van der Waals surface area contributed by atoms with Crippen LogP contribution < -0.4 is 5.32 Å². The summed E-state index contributed by atoms with van der Waals surface area (Å²) in [6.07, 6.45) is -1.01. The molecule has 1 aliphatic heterocycles. The number of hydrogen-bond acceptors (Lipinski definition) is 3. The molecule has 2 amide bonds. The lowest BCUT2D eigenvalue weighted by atomic mass is 9.97. The molecule has 134 valence electrons. The van der Waals surface area contributed by atoms with Crippen LogP contribution in [0, 0.1) is 0 Å². The van der Waals surface area contributed by atoms with Gasteiger partial charge in [0.15, 0.2) is 0 Å². The van der Waals surface area contributed by atoms with Gasteiger partial charge in [-0.3, -0.25) is 14.3 Å². The molecule has 2 rings (SSSR count). The molecule has 1 aliphatic rings. The number of aromatic nitrogens is 2. The van der Waals surface area contributed by atoms with Crippen LogP contribution in [0.4, 0.5) is 13.2 Å². The molecule has 0 saturated carbocycles. The van der Waals surface area contributed by atoms with E-state index in [0.717, 1.165) is 11.3 Å². The smallest absolute Gasteiger partial charge is 0.352 e. The molecule has 1 aromatic heterocycles. The number of piperidine rings is 1. The number of aryl methyl sites for hydroxylation is 1. The fourth-order valence-electron chi connectivity index (χ4n) is 2.93. The Morgan fingerprint density at radius 1 is 1.38 bits per heavy atom. The molecule has 1 saturated heterocycles. The van der Waals surface area contributed by atoms with E-state index >= 15 is 0 Å². The van der Waals surface area contributed by atoms with Gasteiger partial charge in [0, 0.05) is 32.3 Å². The van der Waals surface area contributed by atoms with Gasteiger partial charge in [-0.1, -0.05) is 6.92 Å². The average molecular weight is 346 g/mol. The number of hydrogen-bond donors (Lipinski definition) is 1. The van der Waals surface area contributed by atoms with Crippen LogP contribution >= 0.6 is 0 Å². The average Bonchev–Trinajstić information content (AvgIpc) is 2.93. The van der Waals surface area contributed by atoms with Crippen molar-refractivity contribution < 1.29 is 22.8 Å². The lowest BCUT2D eigenvalue weighted by Gasteiger charge is -2.40. The Labute approximate surface area is 138 Å². The number of amides is 2. The number of rotatable bonds is 4. The van der Waals surface area contributed by atoms with Gasteiger partial charge in [-0.25, -0.2) is 0 Å². The predicted molar refractivity (Wildman–Crippen MR) is 80.2 cm³/mol. The van der Waals surface area contributed by atoms with Crippen LogP contribution in [-0.2, 0) is 11.3 Å². The van der Waals surface area contributed by atoms with Gasteiger partial charge >= 0.3 is 6.18 Å². The Hall–Kier alpha value is -2.06. The standard InChI is InChI=1S/C15H21F3N4O2/c1-3-6-21-8-11(7-19-21)14(24)22-9-12(20-10(2)23)4-5-13(22)15(16,17)18/h7-8,12-13H,3-6,9H2,1-2H3,(H,20,23)/t12-,13+/m1/s1. The largest absolute Gasteiger partial charge is 0.408 e. The monoisotopic (exact) mass is 346 g/mol. The first-order valence-electron chi connectivity index (χ1n) is 7.89. The lowest BCUT2D eigenvalue weighted by Crippen LogP contribution is -2.58. The fourth-order valence-corrected chi connectivity index (χ4v) is 2.93. The van der Waals surface area contributed by atoms with E-state index < -0.39 is 24.2 Å². The second-order valence-electron chi connectivity index (χ2n) is 5.98. The van der Waals surface area contributed by atoms with Crippen molar-refractivity contribution in [1.29, 1.82) is 0 Å². The molecule has 9 heteroatoms. The molecule has 2 atom stereocenters. The van der Waals surface area contributed by atoms with E-state index in [1.54, 1.807) is 0 Å². The Bertz CT molecular complexity index is 600. The van der Waals surface area contributed by atoms with Gasteiger partial charge in [0.2, 0.25) is 5.91 Å². The van der Waals surface area contributed by atoms with Crippen LogP contribution in [-0.4, -0.2) is 51.3 Å². The highest BCUT2D eigenvalue weighted by atomic mass is 19.4. The molecule has 0 unspecified atom stereocenters. The van der Waals surface area contributed by atoms with E-state index in [9.17, 15) is 22.8 Å². The van der Waals surface area contributed by atoms with Gasteiger partial charge in [0.25, 0.3) is 5.91 Å². The Morgan fingerprint density at radius 2 is 2.08 bits per heavy atom. The van der Waals surface area contributed by atoms with Crippen molar-refractivity contribution in [1.82, 2.24) is 20.0 Å². The Morgan fingerprint density at radius 3 is 2.67 bits per heavy atom. The molecular weight excluding hydrogens is 325 g/mol. The third-order valence-electron chi connectivity index (χ3n) is 3.96. The summed E-state index contributed by atoms with van der Waals surface area (Å²) in [6.45, 7) is 3.66. The van der Waals surface area contributed by atoms with Gasteiger partial charge in [-0.05, 0) is 19.3 Å². The molecule has 1 aromatic rings. The highest BCUT2D eigenvalue weighted by Gasteiger charge is 2.48. The quantitative estimate of drug-likeness (QED) is 0.906. The van der Waals surface area contributed by atoms with E-state index in [-0.39, 0.29) is 30.9 Å². The lowest BCUT2D eigenvalue weighted by molar-refractivity contribution is -0.184. The first-order chi connectivity index (χ1) is 11.2. The topological polar surface area (TPSA) is 67.2 Å². The highest BCUT2D eigenvalue weighted by Crippen LogP contribution is 2.33. The molecule has 1 fully saturated rings. The number of nitrogens with one attached hydrogen (secondary N) is 1. The molecule has 0 bridgehead atoms. The molecule has 0 spiro atoms. The van der Waals surface area contributed by atoms with Crippen molar-refractivity contribution in [3.8, 4) is 0 Å². The maximum absolute atomic E-state index is 13.3. The molecule has 0 aromatic carbocycles. The van der Waals surface area contributed by atoms with Gasteiger partial charge in [-0.15, -0.1) is 0 Å². The summed E-state index contributed by atoms with van der Waals surface area (Å²) in [4.78, 5) is 24.5. The molecule has 24 heavy (non-hydrogen) atoms. The summed E-state index contributed by atoms with van der Waals surface area (Å²) in [5.74, 6) is -1.04. The predicted octanol–water partition coefficient (Wildman–Crippen LogP) is 1.96. The molecule has 0 radical (unpaired) electrons. The zero-order valence-electron chi connectivity index (χ0n) is 13.6. The van der Waals surface area contributed by atoms with E-state index in [1.165, 1.54) is 24.0 Å². The first-order valence-corrected chi connectivity index (χ1v) is 7.89. The van der Waals surface area contributed by atoms with Gasteiger partial charge in [0.1, 0.15) is 6.04 Å². The zero-order valence-corrected chi connectivity index (χ0v) is 13.6. The number of halogens is 3. The maximum atomic E-state index is 13.3. The van der Waals surface area contributed by atoms with Crippen molar-refractivity contribution in [2.45, 2.75) is 57.9 Å². The van der Waals surface area contributed by atoms with Gasteiger partial charge in [0.05, 0.1) is 11.8 Å². The van der Waals surface area contributed by atoms with Crippen molar-refractivity contribution in [3.63, 3.8) is 0 Å². The number of alkyl halides is 3. The summed E-state index contributed by atoms with van der Waals surface area (Å²) in [6, 6.07) is -2.32. The minimum atomic E-state index is -4.50. The van der Waals surface area contributed by atoms with E-state index in [0.29, 0.717) is 6.54 Å². The van der Waals surface area contributed by atoms with Crippen LogP contribution in [0.15, 0.2) is 12.4 Å². The number of carbonyl (C=O) groups excluding carboxylic acids is 2. The summed E-state index contributed by atoms with van der Waals surface area (Å²) in [5, 5.41) is 6.59. The Balaban J connectivity index is 2.21. The van der Waals surface area contributed by atoms with Crippen molar-refractivity contribution in [3.05, 3.63) is 18.0 Å². The Kier molecular flexibility index (Phi) is 5.51. The van der Waals surface area contributed by atoms with Crippen LogP contribution in [0.3, 0.4) is 0 Å². The number of carbonyl (C=O) groups is 2. The number of likely N-dealkylation sites (tertiary alicyclic amines) is 1. The van der Waals surface area contributed by atoms with Crippen molar-refractivity contribution in [2.75, 3.05) is 6.54 Å². The molecule has 0 aliphatic carbocycles. The van der Waals surface area contributed by atoms with E-state index in [4.69, 9.17) is 0 Å². The van der Waals surface area contributed by atoms with Crippen molar-refractivity contribution >= 4 is 11.8 Å². The second kappa shape index (κ2) is 7.23. The zero-order chi connectivity index (χ0) is 17.9. The minimum absolute atomic E-state index is 0.126. The third-order valence-corrected chi connectivity index (χ3v) is 3.96. The maximum Gasteiger partial charge on any atom is 0.408 e. The summed E-state index contributed by atoms with van der Waals surface area (Å²) < 4.78 is 41.4. The fraction of sp³-hybridized carbons (Fsp3) is 0.667. The van der Waals surface area contributed by atoms with Gasteiger partial charge in [-0.2, -0.15) is 18.3 Å². The van der Waals surface area contributed by atoms with Crippen molar-refractivity contribution in [2.24, 2.45) is 0 Å². The molecular formula is C15H21F3N4O2. The summed E-state index contributed by atoms with van der Waals surface area (Å²) in [7, 11) is 0. The second-order valence-corrected chi connectivity index (χ2v) is 5.98. The SMILES string of the molecule is CCCn1cc(C(=O)N2C[C@H](NC(C)=O)CC[C@H]2C(F)(F)F)cn1. The van der Waals surface area contributed by atoms with Gasteiger partial charge < -0.3 is 10.2 Å². The highest BCUT2D eigenvalue weighted by molar-refractivity contribution is 5.94. The van der Waals surface area contributed by atoms with Crippen LogP contribution in [0.2, 0.25) is 0 Å². The first kappa shape index (κ1) is 18.3. The normalized spacial score (nSPS) is 21.6. The van der Waals surface area contributed by atoms with Crippen LogP contribution in [0.25, 0.3) is 0 Å². The minimum Gasteiger partial charge on any atom is -0.352 e. The van der Waals surface area contributed by atoms with Crippen LogP contribution in [0.5, 0.6) is 0 Å². The molecule has 6 nitrogen and oxygen atoms in total. The molecule has 2 heterocycles. The summed E-state index contributed by atoms with van der Waals surface area (Å²) >= 11 is 0. The third kappa shape index (κ3) is 4.27. The van der Waals surface area contributed by atoms with Crippen LogP contribution in [0.1, 0.15) is 43.5 Å². The van der Waals surface area contributed by atoms with E-state index in [1.807, 2.05) is 6.92 Å². The summed E-state index contributed by atoms with van der Waals surface area (Å²) in [5.41, 5.74) is 0.126. The molecule has 1 N–H and O–H groups in total. The number of nitrogens with zero attached hydrogens (tertiary/aromatic N) is 3.